The van der Waals surface area contributed by atoms with Gasteiger partial charge in [0.05, 0.1) is 13.7 Å². The lowest BCUT2D eigenvalue weighted by Crippen LogP contribution is -2.31. The highest BCUT2D eigenvalue weighted by atomic mass is 16.5. The Morgan fingerprint density at radius 3 is 2.38 bits per heavy atom. The van der Waals surface area contributed by atoms with Crippen molar-refractivity contribution in [1.29, 1.82) is 0 Å². The number of carbonyl (C=O) groups excluding carboxylic acids is 2. The molecule has 0 aliphatic carbocycles. The van der Waals surface area contributed by atoms with Crippen molar-refractivity contribution in [1.82, 2.24) is 9.88 Å². The summed E-state index contributed by atoms with van der Waals surface area (Å²) in [5.41, 5.74) is 0.138. The van der Waals surface area contributed by atoms with Crippen LogP contribution in [0.4, 0.5) is 0 Å². The van der Waals surface area contributed by atoms with Crippen molar-refractivity contribution in [2.45, 2.75) is 84.6 Å². The van der Waals surface area contributed by atoms with Gasteiger partial charge in [0.1, 0.15) is 6.26 Å². The monoisotopic (exact) mass is 366 g/mol. The second-order valence-corrected chi connectivity index (χ2v) is 6.66. The largest absolute Gasteiger partial charge is 0.464 e. The Kier molecular flexibility index (Phi) is 11.4. The summed E-state index contributed by atoms with van der Waals surface area (Å²) in [4.78, 5) is 30.0. The smallest absolute Gasteiger partial charge is 0.360 e. The van der Waals surface area contributed by atoms with E-state index in [2.05, 4.69) is 23.6 Å². The van der Waals surface area contributed by atoms with Crippen molar-refractivity contribution in [3.8, 4) is 0 Å². The van der Waals surface area contributed by atoms with Crippen LogP contribution in [0.1, 0.15) is 94.4 Å². The van der Waals surface area contributed by atoms with Crippen LogP contribution in [0.2, 0.25) is 0 Å². The van der Waals surface area contributed by atoms with Crippen molar-refractivity contribution in [2.24, 2.45) is 0 Å². The van der Waals surface area contributed by atoms with Crippen molar-refractivity contribution in [2.75, 3.05) is 13.7 Å². The summed E-state index contributed by atoms with van der Waals surface area (Å²) in [6.07, 6.45) is 11.9. The average Bonchev–Trinajstić information content (AvgIpc) is 3.11. The van der Waals surface area contributed by atoms with Gasteiger partial charge in [0, 0.05) is 13.0 Å². The van der Waals surface area contributed by atoms with Crippen molar-refractivity contribution < 1.29 is 18.7 Å². The minimum Gasteiger partial charge on any atom is -0.464 e. The maximum atomic E-state index is 12.6. The second kappa shape index (κ2) is 13.4. The van der Waals surface area contributed by atoms with Gasteiger partial charge in [-0.05, 0) is 12.8 Å². The molecule has 0 radical (unpaired) electrons. The molecule has 6 nitrogen and oxygen atoms in total. The lowest BCUT2D eigenvalue weighted by atomic mass is 10.1. The van der Waals surface area contributed by atoms with E-state index in [9.17, 15) is 9.59 Å². The Balaban J connectivity index is 2.53. The molecule has 0 aliphatic rings. The van der Waals surface area contributed by atoms with Crippen LogP contribution in [0.25, 0.3) is 0 Å². The molecule has 0 aromatic carbocycles. The summed E-state index contributed by atoms with van der Waals surface area (Å²) >= 11 is 0. The van der Waals surface area contributed by atoms with E-state index in [0.717, 1.165) is 32.1 Å². The predicted molar refractivity (Wildman–Crippen MR) is 101 cm³/mol. The van der Waals surface area contributed by atoms with E-state index >= 15 is 0 Å². The number of ether oxygens (including phenoxy) is 1. The van der Waals surface area contributed by atoms with E-state index in [-0.39, 0.29) is 11.6 Å². The normalized spacial score (nSPS) is 10.7. The van der Waals surface area contributed by atoms with E-state index in [4.69, 9.17) is 4.42 Å². The summed E-state index contributed by atoms with van der Waals surface area (Å²) in [5, 5.41) is 0. The van der Waals surface area contributed by atoms with E-state index in [1.807, 2.05) is 0 Å². The number of hydrogen-bond donors (Lipinski definition) is 0. The van der Waals surface area contributed by atoms with Crippen molar-refractivity contribution in [3.63, 3.8) is 0 Å². The third-order valence-electron chi connectivity index (χ3n) is 4.40. The minimum atomic E-state index is -0.532. The molecule has 1 rings (SSSR count). The molecule has 0 fully saturated rings. The highest BCUT2D eigenvalue weighted by Crippen LogP contribution is 2.13. The Labute approximate surface area is 157 Å². The summed E-state index contributed by atoms with van der Waals surface area (Å²) < 4.78 is 9.97. The SMILES string of the molecule is CCCCCCCCC(=O)N(CCCCC)Cc1nc(C(=O)OC)co1. The molecule has 0 spiro atoms. The molecule has 0 aliphatic heterocycles. The lowest BCUT2D eigenvalue weighted by Gasteiger charge is -2.21. The highest BCUT2D eigenvalue weighted by Gasteiger charge is 2.18. The summed E-state index contributed by atoms with van der Waals surface area (Å²) in [5.74, 6) is -0.0245. The molecule has 0 saturated carbocycles. The van der Waals surface area contributed by atoms with Gasteiger partial charge in [-0.3, -0.25) is 4.79 Å². The molecule has 0 bridgehead atoms. The molecule has 1 heterocycles. The van der Waals surface area contributed by atoms with E-state index < -0.39 is 5.97 Å². The molecule has 1 aromatic rings. The first-order valence-electron chi connectivity index (χ1n) is 9.92. The van der Waals surface area contributed by atoms with Gasteiger partial charge in [-0.2, -0.15) is 0 Å². The molecule has 0 unspecified atom stereocenters. The second-order valence-electron chi connectivity index (χ2n) is 6.66. The molecule has 0 saturated heterocycles. The third kappa shape index (κ3) is 8.50. The maximum absolute atomic E-state index is 12.6. The van der Waals surface area contributed by atoms with E-state index in [1.54, 1.807) is 4.90 Å². The third-order valence-corrected chi connectivity index (χ3v) is 4.40. The lowest BCUT2D eigenvalue weighted by molar-refractivity contribution is -0.132. The van der Waals surface area contributed by atoms with Crippen molar-refractivity contribution >= 4 is 11.9 Å². The van der Waals surface area contributed by atoms with Crippen LogP contribution in [-0.2, 0) is 16.1 Å². The fourth-order valence-corrected chi connectivity index (χ4v) is 2.80. The van der Waals surface area contributed by atoms with Crippen LogP contribution in [0.5, 0.6) is 0 Å². The molecular formula is C20H34N2O4. The van der Waals surface area contributed by atoms with Gasteiger partial charge in [0.2, 0.25) is 11.8 Å². The Morgan fingerprint density at radius 2 is 1.69 bits per heavy atom. The summed E-state index contributed by atoms with van der Waals surface area (Å²) in [6.45, 7) is 5.33. The topological polar surface area (TPSA) is 72.6 Å². The first-order chi connectivity index (χ1) is 12.6. The van der Waals surface area contributed by atoms with Crippen LogP contribution in [-0.4, -0.2) is 35.4 Å². The number of hydrogen-bond acceptors (Lipinski definition) is 5. The molecule has 0 atom stereocenters. The van der Waals surface area contributed by atoms with E-state index in [1.165, 1.54) is 39.1 Å². The molecular weight excluding hydrogens is 332 g/mol. The van der Waals surface area contributed by atoms with Gasteiger partial charge in [-0.1, -0.05) is 58.8 Å². The Bertz CT molecular complexity index is 528. The van der Waals surface area contributed by atoms with Gasteiger partial charge in [0.15, 0.2) is 5.69 Å². The Morgan fingerprint density at radius 1 is 1.04 bits per heavy atom. The van der Waals surface area contributed by atoms with Gasteiger partial charge >= 0.3 is 5.97 Å². The summed E-state index contributed by atoms with van der Waals surface area (Å²) in [6, 6.07) is 0. The fourth-order valence-electron chi connectivity index (χ4n) is 2.80. The number of rotatable bonds is 14. The van der Waals surface area contributed by atoms with Crippen LogP contribution in [0.15, 0.2) is 10.7 Å². The standard InChI is InChI=1S/C20H34N2O4/c1-4-6-8-9-10-11-13-19(23)22(14-12-7-5-2)15-18-21-17(16-26-18)20(24)25-3/h16H,4-15H2,1-3H3. The number of aromatic nitrogens is 1. The number of nitrogens with zero attached hydrogens (tertiary/aromatic N) is 2. The number of carbonyl (C=O) groups is 2. The zero-order valence-corrected chi connectivity index (χ0v) is 16.6. The molecule has 148 valence electrons. The zero-order valence-electron chi connectivity index (χ0n) is 16.6. The average molecular weight is 367 g/mol. The fraction of sp³-hybridized carbons (Fsp3) is 0.750. The van der Waals surface area contributed by atoms with Crippen LogP contribution in [0, 0.1) is 0 Å². The quantitative estimate of drug-likeness (QED) is 0.351. The first kappa shape index (κ1) is 22.2. The molecule has 1 aromatic heterocycles. The number of amides is 1. The maximum Gasteiger partial charge on any atom is 0.360 e. The first-order valence-corrected chi connectivity index (χ1v) is 9.92. The highest BCUT2D eigenvalue weighted by molar-refractivity contribution is 5.86. The molecule has 26 heavy (non-hydrogen) atoms. The predicted octanol–water partition coefficient (Wildman–Crippen LogP) is 4.73. The molecule has 1 amide bonds. The Hall–Kier alpha value is -1.85. The van der Waals surface area contributed by atoms with Gasteiger partial charge in [0.25, 0.3) is 0 Å². The minimum absolute atomic E-state index is 0.134. The number of esters is 1. The molecule has 6 heteroatoms. The van der Waals surface area contributed by atoms with Crippen molar-refractivity contribution in [3.05, 3.63) is 17.8 Å². The van der Waals surface area contributed by atoms with Gasteiger partial charge in [-0.25, -0.2) is 9.78 Å². The van der Waals surface area contributed by atoms with Gasteiger partial charge in [-0.15, -0.1) is 0 Å². The van der Waals surface area contributed by atoms with Crippen LogP contribution >= 0.6 is 0 Å². The van der Waals surface area contributed by atoms with Crippen LogP contribution < -0.4 is 0 Å². The summed E-state index contributed by atoms with van der Waals surface area (Å²) in [7, 11) is 1.30. The van der Waals surface area contributed by atoms with Crippen LogP contribution in [0.3, 0.4) is 0 Å². The van der Waals surface area contributed by atoms with E-state index in [0.29, 0.717) is 25.4 Å². The number of oxazole rings is 1. The van der Waals surface area contributed by atoms with Gasteiger partial charge < -0.3 is 14.1 Å². The number of methoxy groups -OCH3 is 1. The number of unbranched alkanes of at least 4 members (excludes halogenated alkanes) is 7. The molecule has 0 N–H and O–H groups in total. The zero-order chi connectivity index (χ0) is 19.2.